The molecule has 9 nitrogen and oxygen atoms in total. The molecule has 3 aliphatic heterocycles. The smallest absolute Gasteiger partial charge is 0.168 e. The van der Waals surface area contributed by atoms with E-state index in [4.69, 9.17) is 9.72 Å². The fourth-order valence-electron chi connectivity index (χ4n) is 9.47. The van der Waals surface area contributed by atoms with Crippen LogP contribution in [0.15, 0.2) is 30.7 Å². The van der Waals surface area contributed by atoms with Gasteiger partial charge in [-0.1, -0.05) is 6.42 Å². The minimum absolute atomic E-state index is 0.0420. The summed E-state index contributed by atoms with van der Waals surface area (Å²) in [5.74, 6) is 0.771. The Morgan fingerprint density at radius 1 is 1.00 bits per heavy atom. The summed E-state index contributed by atoms with van der Waals surface area (Å²) in [5.41, 5.74) is 4.26. The van der Waals surface area contributed by atoms with Crippen LogP contribution in [0, 0.1) is 29.4 Å². The van der Waals surface area contributed by atoms with Crippen molar-refractivity contribution in [1.29, 1.82) is 0 Å². The Bertz CT molecular complexity index is 1520. The number of ether oxygens (including phenoxy) is 1. The maximum Gasteiger partial charge on any atom is 0.168 e. The van der Waals surface area contributed by atoms with E-state index in [9.17, 15) is 8.78 Å². The summed E-state index contributed by atoms with van der Waals surface area (Å²) in [4.78, 5) is 11.4. The van der Waals surface area contributed by atoms with Gasteiger partial charge in [0.2, 0.25) is 0 Å². The Morgan fingerprint density at radius 3 is 2.80 bits per heavy atom. The van der Waals surface area contributed by atoms with Crippen molar-refractivity contribution in [2.24, 2.45) is 17.8 Å². The molecule has 5 heterocycles. The number of fused-ring (bicyclic) bond motifs is 6. The van der Waals surface area contributed by atoms with E-state index in [1.807, 2.05) is 0 Å². The molecule has 2 saturated carbocycles. The second-order valence-electron chi connectivity index (χ2n) is 14.0. The number of aromatic nitrogens is 4. The zero-order chi connectivity index (χ0) is 30.7. The lowest BCUT2D eigenvalue weighted by molar-refractivity contribution is -0.0502. The molecule has 5 aliphatic rings. The summed E-state index contributed by atoms with van der Waals surface area (Å²) < 4.78 is 51.8. The highest BCUT2D eigenvalue weighted by Gasteiger charge is 2.51. The van der Waals surface area contributed by atoms with Gasteiger partial charge in [-0.3, -0.25) is 5.43 Å². The summed E-state index contributed by atoms with van der Waals surface area (Å²) in [6, 6.07) is 4.26. The molecule has 8 rings (SSSR count). The third-order valence-corrected chi connectivity index (χ3v) is 11.3. The summed E-state index contributed by atoms with van der Waals surface area (Å²) in [7, 11) is 2.15. The van der Waals surface area contributed by atoms with Gasteiger partial charge in [-0.2, -0.15) is 5.10 Å². The van der Waals surface area contributed by atoms with E-state index in [1.54, 1.807) is 6.20 Å². The molecule has 2 aromatic heterocycles. The number of nitrogens with zero attached hydrogens (tertiary/aromatic N) is 6. The number of hydrogen-bond acceptors (Lipinski definition) is 8. The standard InChI is InChI=1S/C33H43F3N8O/c1-42-30-6-3-9-37-15-22-14-24(45-23-5-2-4-19(10-23)25-11-21(35)13-28(41-42)31(25)30)17-43(22)32-26-16-40-44(33(26)39-18-38-32)29-8-7-20(34)12-27(29)36/h7-8,12,16,18-19,21-25,28,30-31,37,41H,2-6,9-11,13-15,17H2,1H3/t19?,21?,22-,23?,24-,25?,28?,30?,31?/m0/s1. The molecule has 7 unspecified atom stereocenters. The third kappa shape index (κ3) is 5.51. The SMILES string of the molecule is CN1NC2CC(F)CC3C4CCCC(C4)O[C@H]4C[C@@H](CNCCCC1C23)N(c1ncnc2c1cnn2-c1ccc(F)cc1F)C4. The molecule has 0 radical (unpaired) electrons. The Labute approximate surface area is 261 Å². The van der Waals surface area contributed by atoms with Crippen LogP contribution in [0.5, 0.6) is 0 Å². The van der Waals surface area contributed by atoms with Gasteiger partial charge < -0.3 is 15.0 Å². The van der Waals surface area contributed by atoms with Gasteiger partial charge in [0.25, 0.3) is 0 Å². The quantitative estimate of drug-likeness (QED) is 0.430. The highest BCUT2D eigenvalue weighted by molar-refractivity contribution is 5.88. The molecule has 4 bridgehead atoms. The number of hydrazine groups is 1. The summed E-state index contributed by atoms with van der Waals surface area (Å²) in [6.45, 7) is 2.38. The molecule has 12 heteroatoms. The van der Waals surface area contributed by atoms with Crippen molar-refractivity contribution in [1.82, 2.24) is 35.5 Å². The highest BCUT2D eigenvalue weighted by atomic mass is 19.1. The van der Waals surface area contributed by atoms with E-state index in [0.29, 0.717) is 48.8 Å². The first-order valence-corrected chi connectivity index (χ1v) is 16.8. The predicted octanol–water partition coefficient (Wildman–Crippen LogP) is 4.55. The second-order valence-corrected chi connectivity index (χ2v) is 14.0. The van der Waals surface area contributed by atoms with E-state index in [-0.39, 0.29) is 30.0 Å². The van der Waals surface area contributed by atoms with Crippen LogP contribution >= 0.6 is 0 Å². The van der Waals surface area contributed by atoms with E-state index in [0.717, 1.165) is 75.3 Å². The minimum Gasteiger partial charge on any atom is -0.373 e. The van der Waals surface area contributed by atoms with Gasteiger partial charge in [0.05, 0.1) is 23.8 Å². The van der Waals surface area contributed by atoms with Crippen molar-refractivity contribution < 1.29 is 17.9 Å². The maximum absolute atomic E-state index is 15.1. The number of rotatable bonds is 2. The fourth-order valence-corrected chi connectivity index (χ4v) is 9.47. The lowest BCUT2D eigenvalue weighted by Gasteiger charge is -2.44. The van der Waals surface area contributed by atoms with Crippen LogP contribution in [0.1, 0.15) is 57.8 Å². The zero-order valence-electron chi connectivity index (χ0n) is 25.8. The van der Waals surface area contributed by atoms with Gasteiger partial charge in [0.15, 0.2) is 11.5 Å². The first-order chi connectivity index (χ1) is 21.9. The number of hydrogen-bond donors (Lipinski definition) is 2. The van der Waals surface area contributed by atoms with Crippen LogP contribution < -0.4 is 15.6 Å². The molecule has 2 aliphatic carbocycles. The van der Waals surface area contributed by atoms with E-state index in [1.165, 1.54) is 23.1 Å². The lowest BCUT2D eigenvalue weighted by atomic mass is 9.63. The van der Waals surface area contributed by atoms with Crippen LogP contribution in [0.4, 0.5) is 19.0 Å². The molecule has 1 aromatic carbocycles. The fraction of sp³-hybridized carbons (Fsp3) is 0.667. The van der Waals surface area contributed by atoms with Crippen molar-refractivity contribution in [3.05, 3.63) is 42.4 Å². The van der Waals surface area contributed by atoms with Crippen LogP contribution in [-0.4, -0.2) is 87.9 Å². The molecule has 2 N–H and O–H groups in total. The van der Waals surface area contributed by atoms with Crippen molar-refractivity contribution in [3.8, 4) is 5.69 Å². The van der Waals surface area contributed by atoms with Gasteiger partial charge in [-0.05, 0) is 87.8 Å². The number of alkyl halides is 1. The minimum atomic E-state index is -0.737. The molecular weight excluding hydrogens is 581 g/mol. The lowest BCUT2D eigenvalue weighted by Crippen LogP contribution is -2.46. The molecule has 9 atom stereocenters. The Morgan fingerprint density at radius 2 is 1.91 bits per heavy atom. The largest absolute Gasteiger partial charge is 0.373 e. The zero-order valence-corrected chi connectivity index (χ0v) is 25.8. The number of nitrogens with one attached hydrogen (secondary N) is 2. The summed E-state index contributed by atoms with van der Waals surface area (Å²) >= 11 is 0. The van der Waals surface area contributed by atoms with Crippen LogP contribution in [0.3, 0.4) is 0 Å². The van der Waals surface area contributed by atoms with Crippen molar-refractivity contribution >= 4 is 16.9 Å². The monoisotopic (exact) mass is 624 g/mol. The summed E-state index contributed by atoms with van der Waals surface area (Å²) in [6.07, 6.45) is 11.3. The van der Waals surface area contributed by atoms with Gasteiger partial charge in [0, 0.05) is 44.3 Å². The van der Waals surface area contributed by atoms with Gasteiger partial charge in [-0.25, -0.2) is 32.8 Å². The van der Waals surface area contributed by atoms with Gasteiger partial charge >= 0.3 is 0 Å². The average molecular weight is 625 g/mol. The Balaban J connectivity index is 1.07. The Hall–Kier alpha value is -2.80. The number of benzene rings is 1. The average Bonchev–Trinajstić information content (AvgIpc) is 3.71. The predicted molar refractivity (Wildman–Crippen MR) is 165 cm³/mol. The van der Waals surface area contributed by atoms with Crippen LogP contribution in [0.2, 0.25) is 0 Å². The molecular formula is C33H43F3N8O. The molecule has 3 aromatic rings. The third-order valence-electron chi connectivity index (χ3n) is 11.3. The van der Waals surface area contributed by atoms with Crippen molar-refractivity contribution in [2.75, 3.05) is 31.6 Å². The molecule has 242 valence electrons. The second kappa shape index (κ2) is 12.1. The molecule has 5 fully saturated rings. The maximum atomic E-state index is 15.1. The summed E-state index contributed by atoms with van der Waals surface area (Å²) in [5, 5.41) is 11.2. The Kier molecular flexibility index (Phi) is 7.95. The number of anilines is 1. The molecule has 45 heavy (non-hydrogen) atoms. The number of halogens is 3. The van der Waals surface area contributed by atoms with Crippen LogP contribution in [-0.2, 0) is 4.74 Å². The molecule has 3 saturated heterocycles. The first kappa shape index (κ1) is 29.6. The van der Waals surface area contributed by atoms with E-state index >= 15 is 4.39 Å². The normalized spacial score (nSPS) is 36.1. The van der Waals surface area contributed by atoms with Crippen LogP contribution in [0.25, 0.3) is 16.7 Å². The topological polar surface area (TPSA) is 83.4 Å². The van der Waals surface area contributed by atoms with E-state index < -0.39 is 17.8 Å². The van der Waals surface area contributed by atoms with E-state index in [2.05, 4.69) is 37.8 Å². The van der Waals surface area contributed by atoms with Gasteiger partial charge in [-0.15, -0.1) is 0 Å². The molecule has 0 spiro atoms. The van der Waals surface area contributed by atoms with Gasteiger partial charge in [0.1, 0.15) is 29.8 Å². The first-order valence-electron chi connectivity index (χ1n) is 16.8. The highest BCUT2D eigenvalue weighted by Crippen LogP contribution is 2.48. The molecule has 0 amide bonds. The van der Waals surface area contributed by atoms with Crippen molar-refractivity contribution in [3.63, 3.8) is 0 Å². The van der Waals surface area contributed by atoms with Crippen molar-refractivity contribution in [2.45, 2.75) is 94.3 Å².